The standard InChI is InChI=1S/C22H25F3N4O2.HI/c1-2-27-21(28-13-15-5-3-7-17(11-15)20(26)30)29-9-10-31-19(14-29)16-6-4-8-18(12-16)22(23,24)25;/h3-8,11-12,19H,2,9-10,13-14H2,1H3,(H2,26,30)(H,27,28);1H. The summed E-state index contributed by atoms with van der Waals surface area (Å²) < 4.78 is 45.0. The van der Waals surface area contributed by atoms with Gasteiger partial charge in [-0.2, -0.15) is 13.2 Å². The van der Waals surface area contributed by atoms with Crippen LogP contribution in [-0.4, -0.2) is 43.0 Å². The third-order valence-electron chi connectivity index (χ3n) is 4.91. The first kappa shape index (κ1) is 25.9. The number of rotatable bonds is 5. The fourth-order valence-electron chi connectivity index (χ4n) is 3.37. The van der Waals surface area contributed by atoms with Crippen molar-refractivity contribution in [1.29, 1.82) is 0 Å². The molecule has 1 aliphatic heterocycles. The van der Waals surface area contributed by atoms with E-state index in [0.29, 0.717) is 49.9 Å². The zero-order chi connectivity index (χ0) is 22.4. The molecular weight excluding hydrogens is 536 g/mol. The molecule has 3 rings (SSSR count). The van der Waals surface area contributed by atoms with E-state index in [0.717, 1.165) is 17.7 Å². The lowest BCUT2D eigenvalue weighted by atomic mass is 10.0. The molecule has 0 saturated carbocycles. The van der Waals surface area contributed by atoms with Crippen LogP contribution in [0.3, 0.4) is 0 Å². The number of nitrogens with one attached hydrogen (secondary N) is 1. The van der Waals surface area contributed by atoms with E-state index < -0.39 is 23.8 Å². The van der Waals surface area contributed by atoms with Crippen LogP contribution in [0.1, 0.15) is 40.1 Å². The topological polar surface area (TPSA) is 79.9 Å². The number of guanidine groups is 1. The molecule has 1 saturated heterocycles. The lowest BCUT2D eigenvalue weighted by Gasteiger charge is -2.35. The molecule has 32 heavy (non-hydrogen) atoms. The number of primary amides is 1. The normalized spacial score (nSPS) is 16.9. The predicted molar refractivity (Wildman–Crippen MR) is 127 cm³/mol. The highest BCUT2D eigenvalue weighted by Crippen LogP contribution is 2.32. The number of nitrogens with two attached hydrogens (primary N) is 1. The first-order valence-corrected chi connectivity index (χ1v) is 9.98. The molecule has 3 N–H and O–H groups in total. The van der Waals surface area contributed by atoms with Crippen LogP contribution in [0.25, 0.3) is 0 Å². The van der Waals surface area contributed by atoms with Gasteiger partial charge in [0, 0.05) is 18.7 Å². The number of hydrogen-bond acceptors (Lipinski definition) is 3. The number of ether oxygens (including phenoxy) is 1. The van der Waals surface area contributed by atoms with Crippen LogP contribution in [0, 0.1) is 0 Å². The van der Waals surface area contributed by atoms with E-state index in [1.807, 2.05) is 17.9 Å². The number of benzene rings is 2. The van der Waals surface area contributed by atoms with Crippen LogP contribution in [0.2, 0.25) is 0 Å². The van der Waals surface area contributed by atoms with Crippen molar-refractivity contribution in [2.75, 3.05) is 26.2 Å². The highest BCUT2D eigenvalue weighted by Gasteiger charge is 2.32. The van der Waals surface area contributed by atoms with Gasteiger partial charge in [0.1, 0.15) is 6.10 Å². The number of carbonyl (C=O) groups excluding carboxylic acids is 1. The van der Waals surface area contributed by atoms with Gasteiger partial charge in [0.05, 0.1) is 25.3 Å². The lowest BCUT2D eigenvalue weighted by molar-refractivity contribution is -0.137. The lowest BCUT2D eigenvalue weighted by Crippen LogP contribution is -2.48. The number of hydrogen-bond donors (Lipinski definition) is 2. The summed E-state index contributed by atoms with van der Waals surface area (Å²) >= 11 is 0. The number of nitrogens with zero attached hydrogens (tertiary/aromatic N) is 2. The number of morpholine rings is 1. The summed E-state index contributed by atoms with van der Waals surface area (Å²) in [7, 11) is 0. The van der Waals surface area contributed by atoms with Gasteiger partial charge in [-0.15, -0.1) is 24.0 Å². The molecule has 0 bridgehead atoms. The van der Waals surface area contributed by atoms with Crippen LogP contribution in [0.5, 0.6) is 0 Å². The second kappa shape index (κ2) is 11.5. The van der Waals surface area contributed by atoms with Crippen molar-refractivity contribution in [3.63, 3.8) is 0 Å². The van der Waals surface area contributed by atoms with Gasteiger partial charge in [0.15, 0.2) is 5.96 Å². The molecule has 1 amide bonds. The molecule has 1 aliphatic rings. The van der Waals surface area contributed by atoms with E-state index in [-0.39, 0.29) is 24.0 Å². The Labute approximate surface area is 202 Å². The summed E-state index contributed by atoms with van der Waals surface area (Å²) in [6.07, 6.45) is -4.90. The first-order chi connectivity index (χ1) is 14.8. The summed E-state index contributed by atoms with van der Waals surface area (Å²) in [6, 6.07) is 12.2. The number of aliphatic imine (C=N–C) groups is 1. The van der Waals surface area contributed by atoms with Crippen molar-refractivity contribution in [1.82, 2.24) is 10.2 Å². The van der Waals surface area contributed by atoms with E-state index in [2.05, 4.69) is 10.3 Å². The number of halogens is 4. The molecule has 10 heteroatoms. The van der Waals surface area contributed by atoms with E-state index in [1.54, 1.807) is 24.3 Å². The highest BCUT2D eigenvalue weighted by molar-refractivity contribution is 14.0. The average Bonchev–Trinajstić information content (AvgIpc) is 2.76. The van der Waals surface area contributed by atoms with Crippen molar-refractivity contribution < 1.29 is 22.7 Å². The largest absolute Gasteiger partial charge is 0.416 e. The summed E-state index contributed by atoms with van der Waals surface area (Å²) in [6.45, 7) is 4.19. The van der Waals surface area contributed by atoms with E-state index >= 15 is 0 Å². The Kier molecular flexibility index (Phi) is 9.32. The third-order valence-corrected chi connectivity index (χ3v) is 4.91. The average molecular weight is 562 g/mol. The molecule has 2 aromatic rings. The molecule has 0 radical (unpaired) electrons. The van der Waals surface area contributed by atoms with Crippen molar-refractivity contribution in [2.24, 2.45) is 10.7 Å². The van der Waals surface area contributed by atoms with Gasteiger partial charge in [-0.25, -0.2) is 4.99 Å². The van der Waals surface area contributed by atoms with Crippen LogP contribution < -0.4 is 11.1 Å². The SMILES string of the molecule is CCNC(=NCc1cccc(C(N)=O)c1)N1CCOC(c2cccc(C(F)(F)F)c2)C1.I. The molecule has 174 valence electrons. The number of carbonyl (C=O) groups is 1. The zero-order valence-electron chi connectivity index (χ0n) is 17.6. The molecular formula is C22H26F3IN4O2. The Morgan fingerprint density at radius 3 is 2.69 bits per heavy atom. The van der Waals surface area contributed by atoms with Crippen LogP contribution in [0.4, 0.5) is 13.2 Å². The van der Waals surface area contributed by atoms with Crippen LogP contribution in [-0.2, 0) is 17.5 Å². The third kappa shape index (κ3) is 6.83. The Balaban J connectivity index is 0.00000363. The summed E-state index contributed by atoms with van der Waals surface area (Å²) in [5, 5.41) is 3.22. The van der Waals surface area contributed by atoms with Gasteiger partial charge in [-0.3, -0.25) is 4.79 Å². The quantitative estimate of drug-likeness (QED) is 0.329. The van der Waals surface area contributed by atoms with Gasteiger partial charge in [0.25, 0.3) is 0 Å². The smallest absolute Gasteiger partial charge is 0.370 e. The van der Waals surface area contributed by atoms with Gasteiger partial charge in [-0.1, -0.05) is 24.3 Å². The van der Waals surface area contributed by atoms with Crippen molar-refractivity contribution >= 4 is 35.8 Å². The summed E-state index contributed by atoms with van der Waals surface area (Å²) in [5.74, 6) is 0.127. The molecule has 1 atom stereocenters. The second-order valence-corrected chi connectivity index (χ2v) is 7.16. The molecule has 0 aromatic heterocycles. The molecule has 1 unspecified atom stereocenters. The van der Waals surface area contributed by atoms with Crippen LogP contribution >= 0.6 is 24.0 Å². The van der Waals surface area contributed by atoms with Gasteiger partial charge >= 0.3 is 6.18 Å². The van der Waals surface area contributed by atoms with Crippen LogP contribution in [0.15, 0.2) is 53.5 Å². The molecule has 0 aliphatic carbocycles. The summed E-state index contributed by atoms with van der Waals surface area (Å²) in [5.41, 5.74) is 6.35. The maximum atomic E-state index is 13.1. The fraction of sp³-hybridized carbons (Fsp3) is 0.364. The zero-order valence-corrected chi connectivity index (χ0v) is 19.9. The second-order valence-electron chi connectivity index (χ2n) is 7.16. The number of amides is 1. The Bertz CT molecular complexity index is 953. The minimum absolute atomic E-state index is 0. The van der Waals surface area contributed by atoms with Crippen molar-refractivity contribution in [3.05, 3.63) is 70.8 Å². The van der Waals surface area contributed by atoms with Gasteiger partial charge < -0.3 is 20.7 Å². The van der Waals surface area contributed by atoms with E-state index in [1.165, 1.54) is 6.07 Å². The maximum Gasteiger partial charge on any atom is 0.416 e. The molecule has 1 heterocycles. The monoisotopic (exact) mass is 562 g/mol. The van der Waals surface area contributed by atoms with Crippen molar-refractivity contribution in [3.8, 4) is 0 Å². The maximum absolute atomic E-state index is 13.1. The van der Waals surface area contributed by atoms with E-state index in [9.17, 15) is 18.0 Å². The predicted octanol–water partition coefficient (Wildman–Crippen LogP) is 3.96. The Morgan fingerprint density at radius 1 is 1.25 bits per heavy atom. The first-order valence-electron chi connectivity index (χ1n) is 9.98. The Morgan fingerprint density at radius 2 is 2.00 bits per heavy atom. The number of alkyl halides is 3. The van der Waals surface area contributed by atoms with Gasteiger partial charge in [-0.05, 0) is 42.3 Å². The fourth-order valence-corrected chi connectivity index (χ4v) is 3.37. The minimum atomic E-state index is -4.40. The summed E-state index contributed by atoms with van der Waals surface area (Å²) in [4.78, 5) is 18.0. The van der Waals surface area contributed by atoms with Crippen molar-refractivity contribution in [2.45, 2.75) is 25.7 Å². The van der Waals surface area contributed by atoms with E-state index in [4.69, 9.17) is 10.5 Å². The molecule has 6 nitrogen and oxygen atoms in total. The molecule has 2 aromatic carbocycles. The molecule has 1 fully saturated rings. The molecule has 0 spiro atoms. The highest BCUT2D eigenvalue weighted by atomic mass is 127. The van der Waals surface area contributed by atoms with Gasteiger partial charge in [0.2, 0.25) is 5.91 Å². The Hall–Kier alpha value is -2.34. The minimum Gasteiger partial charge on any atom is -0.370 e.